The minimum Gasteiger partial charge on any atom is -0.367 e. The molecule has 3 amide bonds. The Morgan fingerprint density at radius 3 is 2.48 bits per heavy atom. The van der Waals surface area contributed by atoms with Crippen molar-refractivity contribution in [2.75, 3.05) is 31.1 Å². The average molecular weight is 331 g/mol. The van der Waals surface area contributed by atoms with E-state index in [2.05, 4.69) is 10.2 Å². The Hall–Kier alpha value is -2.28. The van der Waals surface area contributed by atoms with Gasteiger partial charge in [0.25, 0.3) is 11.1 Å². The van der Waals surface area contributed by atoms with Crippen LogP contribution in [0.15, 0.2) is 29.2 Å². The van der Waals surface area contributed by atoms with E-state index in [1.165, 1.54) is 0 Å². The van der Waals surface area contributed by atoms with Crippen molar-refractivity contribution in [3.8, 4) is 0 Å². The first-order valence-electron chi connectivity index (χ1n) is 7.39. The van der Waals surface area contributed by atoms with Crippen LogP contribution in [0.2, 0.25) is 0 Å². The van der Waals surface area contributed by atoms with E-state index in [0.717, 1.165) is 36.1 Å². The molecule has 2 saturated heterocycles. The standard InChI is InChI=1S/C16H17N3O3S/c1-11(20)18-6-8-19(9-7-18)13-5-3-2-4-12(13)10-14-15(21)17-16(22)23-14/h2-5,10H,6-9H2,1H3,(H,17,21,22)/b14-10-. The first-order valence-corrected chi connectivity index (χ1v) is 8.20. The molecule has 2 aliphatic rings. The number of carbonyl (C=O) groups is 3. The van der Waals surface area contributed by atoms with E-state index in [0.29, 0.717) is 18.0 Å². The number of rotatable bonds is 2. The zero-order valence-electron chi connectivity index (χ0n) is 12.7. The van der Waals surface area contributed by atoms with Crippen LogP contribution in [0, 0.1) is 0 Å². The Balaban J connectivity index is 1.82. The van der Waals surface area contributed by atoms with Crippen LogP contribution in [0.3, 0.4) is 0 Å². The highest BCUT2D eigenvalue weighted by Crippen LogP contribution is 2.30. The fourth-order valence-corrected chi connectivity index (χ4v) is 3.40. The molecule has 6 nitrogen and oxygen atoms in total. The van der Waals surface area contributed by atoms with Gasteiger partial charge in [0.2, 0.25) is 5.91 Å². The van der Waals surface area contributed by atoms with Gasteiger partial charge in [0.1, 0.15) is 0 Å². The third-order valence-corrected chi connectivity index (χ3v) is 4.74. The van der Waals surface area contributed by atoms with Crippen molar-refractivity contribution in [2.45, 2.75) is 6.92 Å². The third kappa shape index (κ3) is 3.39. The van der Waals surface area contributed by atoms with Gasteiger partial charge in [-0.2, -0.15) is 0 Å². The molecule has 3 rings (SSSR count). The van der Waals surface area contributed by atoms with Crippen molar-refractivity contribution in [2.24, 2.45) is 0 Å². The third-order valence-electron chi connectivity index (χ3n) is 3.93. The van der Waals surface area contributed by atoms with Crippen LogP contribution in [-0.4, -0.2) is 48.1 Å². The summed E-state index contributed by atoms with van der Waals surface area (Å²) in [6.45, 7) is 4.46. The molecule has 0 saturated carbocycles. The first kappa shape index (κ1) is 15.6. The Morgan fingerprint density at radius 1 is 1.17 bits per heavy atom. The molecule has 0 aliphatic carbocycles. The SMILES string of the molecule is CC(=O)N1CCN(c2ccccc2/C=C2\SC(=O)NC2=O)CC1. The van der Waals surface area contributed by atoms with E-state index < -0.39 is 0 Å². The zero-order chi connectivity index (χ0) is 16.4. The van der Waals surface area contributed by atoms with Gasteiger partial charge < -0.3 is 9.80 Å². The lowest BCUT2D eigenvalue weighted by Crippen LogP contribution is -2.48. The predicted octanol–water partition coefficient (Wildman–Crippen LogP) is 1.68. The number of nitrogens with one attached hydrogen (secondary N) is 1. The number of para-hydroxylation sites is 1. The second-order valence-electron chi connectivity index (χ2n) is 5.40. The molecule has 2 fully saturated rings. The van der Waals surface area contributed by atoms with Crippen molar-refractivity contribution in [1.82, 2.24) is 10.2 Å². The van der Waals surface area contributed by atoms with Gasteiger partial charge >= 0.3 is 0 Å². The van der Waals surface area contributed by atoms with Crippen LogP contribution >= 0.6 is 11.8 Å². The quantitative estimate of drug-likeness (QED) is 0.835. The van der Waals surface area contributed by atoms with Gasteiger partial charge in [-0.15, -0.1) is 0 Å². The summed E-state index contributed by atoms with van der Waals surface area (Å²) in [5.74, 6) is -0.256. The zero-order valence-corrected chi connectivity index (χ0v) is 13.6. The maximum absolute atomic E-state index is 11.7. The summed E-state index contributed by atoms with van der Waals surface area (Å²) in [4.78, 5) is 38.9. The van der Waals surface area contributed by atoms with Crippen molar-refractivity contribution >= 4 is 40.6 Å². The van der Waals surface area contributed by atoms with E-state index in [4.69, 9.17) is 0 Å². The van der Waals surface area contributed by atoms with E-state index in [1.807, 2.05) is 29.2 Å². The largest absolute Gasteiger partial charge is 0.367 e. The molecule has 120 valence electrons. The van der Waals surface area contributed by atoms with Crippen LogP contribution in [0.5, 0.6) is 0 Å². The highest BCUT2D eigenvalue weighted by molar-refractivity contribution is 8.18. The molecule has 23 heavy (non-hydrogen) atoms. The summed E-state index contributed by atoms with van der Waals surface area (Å²) < 4.78 is 0. The van der Waals surface area contributed by atoms with Crippen molar-refractivity contribution in [3.05, 3.63) is 34.7 Å². The summed E-state index contributed by atoms with van der Waals surface area (Å²) in [5, 5.41) is 1.92. The van der Waals surface area contributed by atoms with Crippen LogP contribution in [-0.2, 0) is 9.59 Å². The van der Waals surface area contributed by atoms with Crippen LogP contribution < -0.4 is 10.2 Å². The second kappa shape index (κ2) is 6.45. The Bertz CT molecular complexity index is 694. The molecule has 0 unspecified atom stereocenters. The smallest absolute Gasteiger partial charge is 0.290 e. The summed E-state index contributed by atoms with van der Waals surface area (Å²) >= 11 is 0.918. The lowest BCUT2D eigenvalue weighted by atomic mass is 10.1. The fourth-order valence-electron chi connectivity index (χ4n) is 2.72. The molecule has 1 N–H and O–H groups in total. The van der Waals surface area contributed by atoms with E-state index in [-0.39, 0.29) is 17.1 Å². The summed E-state index contributed by atoms with van der Waals surface area (Å²) in [7, 11) is 0. The molecular weight excluding hydrogens is 314 g/mol. The Labute approximate surface area is 138 Å². The first-order chi connectivity index (χ1) is 11.0. The lowest BCUT2D eigenvalue weighted by Gasteiger charge is -2.36. The van der Waals surface area contributed by atoms with Gasteiger partial charge in [0.05, 0.1) is 4.91 Å². The van der Waals surface area contributed by atoms with Crippen molar-refractivity contribution in [1.29, 1.82) is 0 Å². The molecule has 1 aromatic carbocycles. The van der Waals surface area contributed by atoms with Gasteiger partial charge in [-0.1, -0.05) is 18.2 Å². The number of carbonyl (C=O) groups excluding carboxylic acids is 3. The van der Waals surface area contributed by atoms with E-state index in [1.54, 1.807) is 13.0 Å². The maximum Gasteiger partial charge on any atom is 0.290 e. The minimum absolute atomic E-state index is 0.0950. The molecule has 0 atom stereocenters. The highest BCUT2D eigenvalue weighted by Gasteiger charge is 2.26. The number of amides is 3. The van der Waals surface area contributed by atoms with Crippen LogP contribution in [0.1, 0.15) is 12.5 Å². The molecule has 0 aromatic heterocycles. The summed E-state index contributed by atoms with van der Waals surface area (Å²) in [5.41, 5.74) is 1.91. The van der Waals surface area contributed by atoms with Crippen molar-refractivity contribution < 1.29 is 14.4 Å². The highest BCUT2D eigenvalue weighted by atomic mass is 32.2. The number of anilines is 1. The molecule has 0 spiro atoms. The number of nitrogens with zero attached hydrogens (tertiary/aromatic N) is 2. The predicted molar refractivity (Wildman–Crippen MR) is 90.0 cm³/mol. The van der Waals surface area contributed by atoms with Gasteiger partial charge in [-0.05, 0) is 29.5 Å². The Kier molecular flexibility index (Phi) is 4.38. The number of benzene rings is 1. The molecule has 2 heterocycles. The van der Waals surface area contributed by atoms with E-state index in [9.17, 15) is 14.4 Å². The second-order valence-corrected chi connectivity index (χ2v) is 6.42. The monoisotopic (exact) mass is 331 g/mol. The summed E-state index contributed by atoms with van der Waals surface area (Å²) in [6, 6.07) is 7.77. The van der Waals surface area contributed by atoms with Gasteiger partial charge in [0.15, 0.2) is 0 Å². The minimum atomic E-state index is -0.351. The van der Waals surface area contributed by atoms with Crippen molar-refractivity contribution in [3.63, 3.8) is 0 Å². The van der Waals surface area contributed by atoms with Gasteiger partial charge in [-0.25, -0.2) is 0 Å². The number of hydrogen-bond donors (Lipinski definition) is 1. The molecule has 7 heteroatoms. The number of hydrogen-bond acceptors (Lipinski definition) is 5. The number of thioether (sulfide) groups is 1. The van der Waals surface area contributed by atoms with Gasteiger partial charge in [-0.3, -0.25) is 19.7 Å². The molecule has 0 radical (unpaired) electrons. The lowest BCUT2D eigenvalue weighted by molar-refractivity contribution is -0.129. The maximum atomic E-state index is 11.7. The Morgan fingerprint density at radius 2 is 1.87 bits per heavy atom. The number of imide groups is 1. The molecule has 0 bridgehead atoms. The average Bonchev–Trinajstić information content (AvgIpc) is 2.85. The fraction of sp³-hybridized carbons (Fsp3) is 0.312. The topological polar surface area (TPSA) is 69.7 Å². The van der Waals surface area contributed by atoms with Crippen LogP contribution in [0.4, 0.5) is 10.5 Å². The van der Waals surface area contributed by atoms with Crippen LogP contribution in [0.25, 0.3) is 6.08 Å². The molecular formula is C16H17N3O3S. The number of piperazine rings is 1. The van der Waals surface area contributed by atoms with E-state index >= 15 is 0 Å². The normalized spacial score (nSPS) is 20.1. The summed E-state index contributed by atoms with van der Waals surface area (Å²) in [6.07, 6.45) is 1.75. The molecule has 1 aromatic rings. The van der Waals surface area contributed by atoms with Gasteiger partial charge in [0, 0.05) is 38.8 Å². The molecule has 2 aliphatic heterocycles.